The summed E-state index contributed by atoms with van der Waals surface area (Å²) < 4.78 is 38.5. The van der Waals surface area contributed by atoms with Crippen LogP contribution in [0.25, 0.3) is 0 Å². The van der Waals surface area contributed by atoms with Gasteiger partial charge in [0.2, 0.25) is 0 Å². The van der Waals surface area contributed by atoms with Crippen molar-refractivity contribution >= 4 is 23.8 Å². The highest BCUT2D eigenvalue weighted by Gasteiger charge is 2.36. The summed E-state index contributed by atoms with van der Waals surface area (Å²) in [5, 5.41) is 0. The minimum absolute atomic E-state index is 0.298. The summed E-state index contributed by atoms with van der Waals surface area (Å²) in [7, 11) is 0. The summed E-state index contributed by atoms with van der Waals surface area (Å²) in [5.74, 6) is -0.934. The molecule has 0 spiro atoms. The van der Waals surface area contributed by atoms with Crippen molar-refractivity contribution in [3.8, 4) is 0 Å². The maximum atomic E-state index is 12.5. The van der Waals surface area contributed by atoms with E-state index in [-0.39, 0.29) is 0 Å². The fourth-order valence-electron chi connectivity index (χ4n) is 2.06. The number of amides is 2. The quantitative estimate of drug-likeness (QED) is 0.619. The van der Waals surface area contributed by atoms with Crippen LogP contribution in [0.5, 0.6) is 0 Å². The van der Waals surface area contributed by atoms with Crippen molar-refractivity contribution in [2.45, 2.75) is 11.1 Å². The molecule has 1 aliphatic rings. The van der Waals surface area contributed by atoms with Gasteiger partial charge < -0.3 is 0 Å². The van der Waals surface area contributed by atoms with Crippen LogP contribution in [-0.2, 0) is 6.18 Å². The highest BCUT2D eigenvalue weighted by atomic mass is 32.2. The Labute approximate surface area is 127 Å². The first-order valence-corrected chi connectivity index (χ1v) is 6.98. The molecule has 0 unspecified atom stereocenters. The summed E-state index contributed by atoms with van der Waals surface area (Å²) >= 11 is 0.810. The molecule has 1 heterocycles. The van der Waals surface area contributed by atoms with Crippen molar-refractivity contribution < 1.29 is 22.8 Å². The first kappa shape index (κ1) is 14.6. The molecule has 1 aliphatic heterocycles. The molecule has 0 radical (unpaired) electrons. The third kappa shape index (κ3) is 2.48. The van der Waals surface area contributed by atoms with Crippen LogP contribution in [0, 0.1) is 0 Å². The van der Waals surface area contributed by atoms with Gasteiger partial charge in [0.25, 0.3) is 11.8 Å². The Bertz CT molecular complexity index is 721. The lowest BCUT2D eigenvalue weighted by molar-refractivity contribution is -0.137. The van der Waals surface area contributed by atoms with Crippen LogP contribution in [0.4, 0.5) is 13.2 Å². The molecule has 22 heavy (non-hydrogen) atoms. The van der Waals surface area contributed by atoms with E-state index in [0.717, 1.165) is 28.4 Å². The van der Waals surface area contributed by atoms with E-state index in [9.17, 15) is 22.8 Å². The Kier molecular flexibility index (Phi) is 3.44. The Balaban J connectivity index is 1.83. The van der Waals surface area contributed by atoms with E-state index in [0.29, 0.717) is 16.0 Å². The molecule has 0 bridgehead atoms. The number of carbonyl (C=O) groups excluding carboxylic acids is 2. The molecular formula is C15H8F3NO2S. The van der Waals surface area contributed by atoms with Gasteiger partial charge in [-0.05, 0) is 48.3 Å². The summed E-state index contributed by atoms with van der Waals surface area (Å²) in [6, 6.07) is 10.7. The van der Waals surface area contributed by atoms with Crippen LogP contribution >= 0.6 is 11.9 Å². The lowest BCUT2D eigenvalue weighted by Crippen LogP contribution is -2.21. The molecule has 2 aromatic rings. The second-order valence-electron chi connectivity index (χ2n) is 4.56. The molecule has 2 aromatic carbocycles. The Morgan fingerprint density at radius 1 is 0.818 bits per heavy atom. The van der Waals surface area contributed by atoms with Crippen LogP contribution in [0.15, 0.2) is 53.4 Å². The van der Waals surface area contributed by atoms with Crippen molar-refractivity contribution in [3.05, 3.63) is 65.2 Å². The highest BCUT2D eigenvalue weighted by molar-refractivity contribution is 7.98. The van der Waals surface area contributed by atoms with Crippen molar-refractivity contribution in [2.75, 3.05) is 0 Å². The third-order valence-corrected chi connectivity index (χ3v) is 4.13. The van der Waals surface area contributed by atoms with E-state index < -0.39 is 23.6 Å². The first-order chi connectivity index (χ1) is 10.4. The lowest BCUT2D eigenvalue weighted by atomic mass is 10.1. The largest absolute Gasteiger partial charge is 0.416 e. The predicted molar refractivity (Wildman–Crippen MR) is 74.2 cm³/mol. The molecule has 3 nitrogen and oxygen atoms in total. The molecule has 0 aromatic heterocycles. The number of alkyl halides is 3. The van der Waals surface area contributed by atoms with Crippen LogP contribution in [0.3, 0.4) is 0 Å². The van der Waals surface area contributed by atoms with Crippen LogP contribution < -0.4 is 0 Å². The molecule has 112 valence electrons. The van der Waals surface area contributed by atoms with E-state index in [2.05, 4.69) is 0 Å². The molecule has 2 amide bonds. The van der Waals surface area contributed by atoms with Crippen LogP contribution in [0.2, 0.25) is 0 Å². The molecule has 0 fully saturated rings. The fraction of sp³-hybridized carbons (Fsp3) is 0.0667. The van der Waals surface area contributed by atoms with Gasteiger partial charge in [0.15, 0.2) is 0 Å². The van der Waals surface area contributed by atoms with E-state index in [1.54, 1.807) is 24.3 Å². The second-order valence-corrected chi connectivity index (χ2v) is 5.58. The van der Waals surface area contributed by atoms with E-state index in [4.69, 9.17) is 0 Å². The van der Waals surface area contributed by atoms with Crippen LogP contribution in [0.1, 0.15) is 26.3 Å². The van der Waals surface area contributed by atoms with Crippen molar-refractivity contribution in [1.82, 2.24) is 4.31 Å². The van der Waals surface area contributed by atoms with Crippen molar-refractivity contribution in [1.29, 1.82) is 0 Å². The number of rotatable bonds is 2. The summed E-state index contributed by atoms with van der Waals surface area (Å²) in [6.45, 7) is 0. The molecular weight excluding hydrogens is 315 g/mol. The van der Waals surface area contributed by atoms with Gasteiger partial charge in [-0.2, -0.15) is 13.2 Å². The lowest BCUT2D eigenvalue weighted by Gasteiger charge is -2.13. The number of hydrogen-bond donors (Lipinski definition) is 0. The smallest absolute Gasteiger partial charge is 0.268 e. The molecule has 0 saturated carbocycles. The topological polar surface area (TPSA) is 37.4 Å². The molecule has 3 rings (SSSR count). The summed E-state index contributed by atoms with van der Waals surface area (Å²) in [5.41, 5.74) is -0.182. The average Bonchev–Trinajstić information content (AvgIpc) is 2.73. The van der Waals surface area contributed by atoms with Crippen molar-refractivity contribution in [2.24, 2.45) is 0 Å². The van der Waals surface area contributed by atoms with Gasteiger partial charge in [-0.15, -0.1) is 0 Å². The number of fused-ring (bicyclic) bond motifs is 1. The van der Waals surface area contributed by atoms with Gasteiger partial charge in [0.1, 0.15) is 0 Å². The zero-order valence-corrected chi connectivity index (χ0v) is 11.7. The number of halogens is 3. The second kappa shape index (κ2) is 5.17. The number of nitrogens with zero attached hydrogens (tertiary/aromatic N) is 1. The monoisotopic (exact) mass is 323 g/mol. The van der Waals surface area contributed by atoms with E-state index in [1.807, 2.05) is 0 Å². The Morgan fingerprint density at radius 3 is 1.77 bits per heavy atom. The predicted octanol–water partition coefficient (Wildman–Crippen LogP) is 4.01. The minimum Gasteiger partial charge on any atom is -0.268 e. The standard InChI is InChI=1S/C15H8F3NO2S/c16-15(17,18)9-5-7-10(8-6-9)22-19-13(20)11-3-1-2-4-12(11)14(19)21/h1-8H. The van der Waals surface area contributed by atoms with Gasteiger partial charge >= 0.3 is 6.18 Å². The van der Waals surface area contributed by atoms with Crippen LogP contribution in [-0.4, -0.2) is 16.1 Å². The SMILES string of the molecule is O=C1c2ccccc2C(=O)N1Sc1ccc(C(F)(F)F)cc1. The molecule has 7 heteroatoms. The fourth-order valence-corrected chi connectivity index (χ4v) is 2.89. The Hall–Kier alpha value is -2.28. The molecule has 0 aliphatic carbocycles. The van der Waals surface area contributed by atoms with Gasteiger partial charge in [0.05, 0.1) is 16.7 Å². The van der Waals surface area contributed by atoms with Gasteiger partial charge in [-0.1, -0.05) is 12.1 Å². The van der Waals surface area contributed by atoms with Gasteiger partial charge in [0, 0.05) is 4.90 Å². The number of carbonyl (C=O) groups is 2. The van der Waals surface area contributed by atoms with Gasteiger partial charge in [-0.3, -0.25) is 9.59 Å². The zero-order valence-electron chi connectivity index (χ0n) is 10.9. The third-order valence-electron chi connectivity index (χ3n) is 3.14. The minimum atomic E-state index is -4.42. The number of benzene rings is 2. The van der Waals surface area contributed by atoms with Crippen molar-refractivity contribution in [3.63, 3.8) is 0 Å². The number of hydrogen-bond acceptors (Lipinski definition) is 3. The summed E-state index contributed by atoms with van der Waals surface area (Å²) in [6.07, 6.45) is -4.42. The van der Waals surface area contributed by atoms with Gasteiger partial charge in [-0.25, -0.2) is 4.31 Å². The molecule has 0 N–H and O–H groups in total. The maximum Gasteiger partial charge on any atom is 0.416 e. The first-order valence-electron chi connectivity index (χ1n) is 6.21. The molecule has 0 saturated heterocycles. The zero-order chi connectivity index (χ0) is 15.9. The van der Waals surface area contributed by atoms with E-state index in [1.165, 1.54) is 12.1 Å². The maximum absolute atomic E-state index is 12.5. The van der Waals surface area contributed by atoms with E-state index >= 15 is 0 Å². The highest BCUT2D eigenvalue weighted by Crippen LogP contribution is 2.35. The molecule has 0 atom stereocenters. The number of imide groups is 1. The normalized spacial score (nSPS) is 14.4. The summed E-state index contributed by atoms with van der Waals surface area (Å²) in [4.78, 5) is 24.7. The average molecular weight is 323 g/mol. The Morgan fingerprint density at radius 2 is 1.32 bits per heavy atom.